The summed E-state index contributed by atoms with van der Waals surface area (Å²) in [6, 6.07) is 9.57. The Labute approximate surface area is 99.3 Å². The average Bonchev–Trinajstić information content (AvgIpc) is 2.28. The number of rotatable bonds is 5. The normalized spacial score (nSPS) is 11.2. The van der Waals surface area contributed by atoms with Crippen LogP contribution in [0.5, 0.6) is 0 Å². The highest BCUT2D eigenvalue weighted by Crippen LogP contribution is 2.11. The number of carbonyl (C=O) groups is 1. The summed E-state index contributed by atoms with van der Waals surface area (Å²) in [6.45, 7) is 1.86. The molecule has 0 aliphatic rings. The SMILES string of the molecule is C/C(CSCc1ccccc1)=N\NC(N)=O. The maximum absolute atomic E-state index is 10.4. The lowest BCUT2D eigenvalue weighted by atomic mass is 10.2. The average molecular weight is 237 g/mol. The monoisotopic (exact) mass is 237 g/mol. The Morgan fingerprint density at radius 2 is 2.12 bits per heavy atom. The number of nitrogens with one attached hydrogen (secondary N) is 1. The Balaban J connectivity index is 2.25. The van der Waals surface area contributed by atoms with Gasteiger partial charge in [0.15, 0.2) is 0 Å². The van der Waals surface area contributed by atoms with Crippen molar-refractivity contribution >= 4 is 23.5 Å². The quantitative estimate of drug-likeness (QED) is 0.607. The zero-order valence-electron chi connectivity index (χ0n) is 9.14. The van der Waals surface area contributed by atoms with E-state index in [1.807, 2.05) is 25.1 Å². The highest BCUT2D eigenvalue weighted by Gasteiger charge is 1.96. The van der Waals surface area contributed by atoms with Gasteiger partial charge >= 0.3 is 6.03 Å². The number of nitrogens with zero attached hydrogens (tertiary/aromatic N) is 1. The van der Waals surface area contributed by atoms with Crippen LogP contribution in [0.4, 0.5) is 4.79 Å². The van der Waals surface area contributed by atoms with E-state index in [2.05, 4.69) is 22.7 Å². The first-order chi connectivity index (χ1) is 7.68. The van der Waals surface area contributed by atoms with Gasteiger partial charge in [-0.3, -0.25) is 0 Å². The number of amides is 2. The number of hydrogen-bond donors (Lipinski definition) is 2. The first-order valence-corrected chi connectivity index (χ1v) is 6.04. The van der Waals surface area contributed by atoms with Gasteiger partial charge in [0.2, 0.25) is 0 Å². The summed E-state index contributed by atoms with van der Waals surface area (Å²) in [5, 5.41) is 3.83. The fourth-order valence-electron chi connectivity index (χ4n) is 1.07. The summed E-state index contributed by atoms with van der Waals surface area (Å²) < 4.78 is 0. The van der Waals surface area contributed by atoms with Gasteiger partial charge in [0.05, 0.1) is 0 Å². The largest absolute Gasteiger partial charge is 0.350 e. The van der Waals surface area contributed by atoms with E-state index in [4.69, 9.17) is 5.73 Å². The van der Waals surface area contributed by atoms with Gasteiger partial charge in [-0.2, -0.15) is 16.9 Å². The number of hydrogen-bond acceptors (Lipinski definition) is 3. The van der Waals surface area contributed by atoms with E-state index in [0.29, 0.717) is 0 Å². The van der Waals surface area contributed by atoms with Gasteiger partial charge in [-0.05, 0) is 12.5 Å². The van der Waals surface area contributed by atoms with Crippen molar-refractivity contribution in [1.82, 2.24) is 5.43 Å². The maximum atomic E-state index is 10.4. The van der Waals surface area contributed by atoms with Crippen LogP contribution in [0.25, 0.3) is 0 Å². The van der Waals surface area contributed by atoms with Crippen molar-refractivity contribution in [2.75, 3.05) is 5.75 Å². The summed E-state index contributed by atoms with van der Waals surface area (Å²) in [4.78, 5) is 10.4. The molecule has 0 unspecified atom stereocenters. The minimum absolute atomic E-state index is 0.632. The van der Waals surface area contributed by atoms with Crippen molar-refractivity contribution in [2.45, 2.75) is 12.7 Å². The number of urea groups is 1. The summed E-state index contributed by atoms with van der Waals surface area (Å²) in [5.74, 6) is 1.71. The van der Waals surface area contributed by atoms with E-state index in [0.717, 1.165) is 17.2 Å². The third kappa shape index (κ3) is 5.41. The lowest BCUT2D eigenvalue weighted by molar-refractivity contribution is 0.249. The van der Waals surface area contributed by atoms with Crippen molar-refractivity contribution in [1.29, 1.82) is 0 Å². The molecule has 1 aromatic carbocycles. The molecule has 86 valence electrons. The van der Waals surface area contributed by atoms with Gasteiger partial charge in [-0.25, -0.2) is 10.2 Å². The second kappa shape index (κ2) is 6.90. The molecule has 0 saturated carbocycles. The van der Waals surface area contributed by atoms with E-state index < -0.39 is 6.03 Å². The molecular weight excluding hydrogens is 222 g/mol. The topological polar surface area (TPSA) is 67.5 Å². The summed E-state index contributed by atoms with van der Waals surface area (Å²) in [6.07, 6.45) is 0. The number of benzene rings is 1. The Morgan fingerprint density at radius 3 is 2.75 bits per heavy atom. The second-order valence-corrected chi connectivity index (χ2v) is 4.29. The van der Waals surface area contributed by atoms with Gasteiger partial charge in [-0.15, -0.1) is 0 Å². The third-order valence-corrected chi connectivity index (χ3v) is 2.94. The van der Waals surface area contributed by atoms with Crippen molar-refractivity contribution in [2.24, 2.45) is 10.8 Å². The van der Waals surface area contributed by atoms with Crippen LogP contribution in [0.15, 0.2) is 35.4 Å². The van der Waals surface area contributed by atoms with E-state index in [9.17, 15) is 4.79 Å². The maximum Gasteiger partial charge on any atom is 0.332 e. The number of hydrazone groups is 1. The lowest BCUT2D eigenvalue weighted by Gasteiger charge is -2.01. The van der Waals surface area contributed by atoms with Gasteiger partial charge in [0.25, 0.3) is 0 Å². The van der Waals surface area contributed by atoms with Gasteiger partial charge in [-0.1, -0.05) is 30.3 Å². The van der Waals surface area contributed by atoms with Gasteiger partial charge in [0, 0.05) is 17.2 Å². The molecule has 0 saturated heterocycles. The van der Waals surface area contributed by atoms with Crippen LogP contribution >= 0.6 is 11.8 Å². The van der Waals surface area contributed by atoms with Crippen LogP contribution in [0, 0.1) is 0 Å². The third-order valence-electron chi connectivity index (χ3n) is 1.78. The molecule has 0 aliphatic heterocycles. The number of thioether (sulfide) groups is 1. The molecule has 5 heteroatoms. The molecule has 0 fully saturated rings. The summed E-state index contributed by atoms with van der Waals surface area (Å²) >= 11 is 1.74. The van der Waals surface area contributed by atoms with E-state index in [1.165, 1.54) is 5.56 Å². The van der Waals surface area contributed by atoms with E-state index in [1.54, 1.807) is 11.8 Å². The molecule has 1 aromatic rings. The molecule has 0 heterocycles. The zero-order chi connectivity index (χ0) is 11.8. The lowest BCUT2D eigenvalue weighted by Crippen LogP contribution is -2.25. The molecular formula is C11H15N3OS. The summed E-state index contributed by atoms with van der Waals surface area (Å²) in [7, 11) is 0. The Hall–Kier alpha value is -1.49. The Morgan fingerprint density at radius 1 is 1.44 bits per heavy atom. The van der Waals surface area contributed by atoms with E-state index in [-0.39, 0.29) is 0 Å². The molecule has 0 spiro atoms. The molecule has 0 bridgehead atoms. The standard InChI is InChI=1S/C11H15N3OS/c1-9(13-14-11(12)15)7-16-8-10-5-3-2-4-6-10/h2-6H,7-8H2,1H3,(H3,12,14,15)/b13-9+. The van der Waals surface area contributed by atoms with Crippen LogP contribution in [0.2, 0.25) is 0 Å². The van der Waals surface area contributed by atoms with Gasteiger partial charge < -0.3 is 5.73 Å². The number of carbonyl (C=O) groups excluding carboxylic acids is 1. The molecule has 16 heavy (non-hydrogen) atoms. The van der Waals surface area contributed by atoms with Crippen LogP contribution < -0.4 is 11.2 Å². The van der Waals surface area contributed by atoms with Gasteiger partial charge in [0.1, 0.15) is 0 Å². The number of nitrogens with two attached hydrogens (primary N) is 1. The highest BCUT2D eigenvalue weighted by molar-refractivity contribution is 7.99. The second-order valence-electron chi connectivity index (χ2n) is 3.30. The van der Waals surface area contributed by atoms with Crippen LogP contribution in [0.3, 0.4) is 0 Å². The van der Waals surface area contributed by atoms with Crippen LogP contribution in [-0.4, -0.2) is 17.5 Å². The molecule has 1 rings (SSSR count). The van der Waals surface area contributed by atoms with E-state index >= 15 is 0 Å². The fourth-order valence-corrected chi connectivity index (χ4v) is 1.96. The van der Waals surface area contributed by atoms with Crippen molar-refractivity contribution in [3.05, 3.63) is 35.9 Å². The molecule has 0 atom stereocenters. The minimum atomic E-state index is -0.632. The smallest absolute Gasteiger partial charge is 0.332 e. The predicted molar refractivity (Wildman–Crippen MR) is 68.4 cm³/mol. The highest BCUT2D eigenvalue weighted by atomic mass is 32.2. The van der Waals surface area contributed by atoms with Crippen LogP contribution in [-0.2, 0) is 5.75 Å². The molecule has 0 radical (unpaired) electrons. The molecule has 0 aromatic heterocycles. The fraction of sp³-hybridized carbons (Fsp3) is 0.273. The van der Waals surface area contributed by atoms with Crippen molar-refractivity contribution in [3.63, 3.8) is 0 Å². The summed E-state index contributed by atoms with van der Waals surface area (Å²) in [5.41, 5.74) is 9.23. The molecule has 3 N–H and O–H groups in total. The Kier molecular flexibility index (Phi) is 5.42. The number of primary amides is 1. The Bertz CT molecular complexity index is 365. The molecule has 2 amide bonds. The predicted octanol–water partition coefficient (Wildman–Crippen LogP) is 1.96. The first-order valence-electron chi connectivity index (χ1n) is 4.89. The molecule has 0 aliphatic carbocycles. The first kappa shape index (κ1) is 12.6. The minimum Gasteiger partial charge on any atom is -0.350 e. The molecule has 4 nitrogen and oxygen atoms in total. The van der Waals surface area contributed by atoms with Crippen molar-refractivity contribution < 1.29 is 4.79 Å². The van der Waals surface area contributed by atoms with Crippen LogP contribution in [0.1, 0.15) is 12.5 Å². The van der Waals surface area contributed by atoms with Crippen molar-refractivity contribution in [3.8, 4) is 0 Å². The zero-order valence-corrected chi connectivity index (χ0v) is 9.96.